The van der Waals surface area contributed by atoms with E-state index in [0.717, 1.165) is 57.4 Å². The van der Waals surface area contributed by atoms with Gasteiger partial charge in [0, 0.05) is 44.0 Å². The van der Waals surface area contributed by atoms with E-state index in [4.69, 9.17) is 0 Å². The van der Waals surface area contributed by atoms with Crippen molar-refractivity contribution in [3.63, 3.8) is 0 Å². The molecule has 0 radical (unpaired) electrons. The van der Waals surface area contributed by atoms with Crippen molar-refractivity contribution in [2.75, 3.05) is 52.9 Å². The molecule has 1 spiro atoms. The molecule has 6 rings (SSSR count). The molecule has 2 aromatic carbocycles. The van der Waals surface area contributed by atoms with Crippen LogP contribution in [0.3, 0.4) is 0 Å². The molecule has 0 amide bonds. The Morgan fingerprint density at radius 1 is 1.02 bits per heavy atom. The summed E-state index contributed by atoms with van der Waals surface area (Å²) in [6, 6.07) is 14.9. The first-order chi connectivity index (χ1) is 25.3. The maximum atomic E-state index is 4.07. The first-order valence-corrected chi connectivity index (χ1v) is 20.8. The first-order valence-electron chi connectivity index (χ1n) is 20.8. The van der Waals surface area contributed by atoms with Crippen molar-refractivity contribution in [1.82, 2.24) is 25.8 Å². The van der Waals surface area contributed by atoms with Gasteiger partial charge in [-0.25, -0.2) is 0 Å². The summed E-state index contributed by atoms with van der Waals surface area (Å²) in [4.78, 5) is 5.57. The van der Waals surface area contributed by atoms with Gasteiger partial charge in [-0.15, -0.1) is 0 Å². The van der Waals surface area contributed by atoms with Crippen LogP contribution in [0, 0.1) is 24.2 Å². The van der Waals surface area contributed by atoms with E-state index in [1.165, 1.54) is 121 Å². The molecule has 2 aromatic rings. The van der Waals surface area contributed by atoms with E-state index < -0.39 is 0 Å². The van der Waals surface area contributed by atoms with Gasteiger partial charge in [-0.05, 0) is 180 Å². The lowest BCUT2D eigenvalue weighted by molar-refractivity contribution is -0.0328. The van der Waals surface area contributed by atoms with Crippen LogP contribution in [-0.4, -0.2) is 68.7 Å². The lowest BCUT2D eigenvalue weighted by Gasteiger charge is -2.54. The number of rotatable bonds is 15. The minimum Gasteiger partial charge on any atom is -0.390 e. The average Bonchev–Trinajstić information content (AvgIpc) is 3.35. The van der Waals surface area contributed by atoms with E-state index in [1.807, 2.05) is 13.1 Å². The average molecular weight is 704 g/mol. The number of aryl methyl sites for hydroxylation is 1. The Balaban J connectivity index is 0.962. The van der Waals surface area contributed by atoms with E-state index >= 15 is 0 Å². The smallest absolute Gasteiger partial charge is 0.0236 e. The first kappa shape index (κ1) is 38.8. The molecule has 1 unspecified atom stereocenters. The van der Waals surface area contributed by atoms with Crippen LogP contribution in [0.1, 0.15) is 106 Å². The maximum Gasteiger partial charge on any atom is 0.0236 e. The summed E-state index contributed by atoms with van der Waals surface area (Å²) >= 11 is 0. The fourth-order valence-electron chi connectivity index (χ4n) is 9.96. The van der Waals surface area contributed by atoms with Crippen molar-refractivity contribution in [3.8, 4) is 0 Å². The topological polar surface area (TPSA) is 42.6 Å². The number of allylic oxidation sites excluding steroid dienone is 4. The molecule has 3 N–H and O–H groups in total. The molecule has 2 saturated heterocycles. The molecule has 0 aromatic heterocycles. The van der Waals surface area contributed by atoms with Gasteiger partial charge < -0.3 is 20.9 Å². The predicted octanol–water partition coefficient (Wildman–Crippen LogP) is 8.90. The molecule has 5 heteroatoms. The fraction of sp³-hybridized carbons (Fsp3) is 0.574. The van der Waals surface area contributed by atoms with Crippen LogP contribution in [0.4, 0.5) is 0 Å². The van der Waals surface area contributed by atoms with Gasteiger partial charge in [-0.1, -0.05) is 68.1 Å². The highest BCUT2D eigenvalue weighted by Crippen LogP contribution is 2.54. The summed E-state index contributed by atoms with van der Waals surface area (Å²) in [5.41, 5.74) is 13.2. The quantitative estimate of drug-likeness (QED) is 0.162. The zero-order valence-corrected chi connectivity index (χ0v) is 33.3. The Labute approximate surface area is 317 Å². The number of piperidine rings is 2. The lowest BCUT2D eigenvalue weighted by atomic mass is 9.56. The van der Waals surface area contributed by atoms with Crippen LogP contribution in [0.2, 0.25) is 0 Å². The standard InChI is InChI=1S/C47H69N5/c1-7-10-45-43(32-49-20-8-2)15-21-50-33-46(45)41-13-14-44(35(4)26-41)34-51-22-16-40(17-23-51)36(5)52-24-18-47(19-25-52)29-38(30-47)27-37-11-12-42(31-48-6)39(9-3)28-37/h7,9-14,26,28,33,36,38,40,48-50H,3,8,15-25,27,29-32,34H2,1-2,4-6H3/b10-7-. The molecule has 3 fully saturated rings. The van der Waals surface area contributed by atoms with Crippen molar-refractivity contribution >= 4 is 11.6 Å². The van der Waals surface area contributed by atoms with Crippen LogP contribution in [0.15, 0.2) is 72.5 Å². The number of nitrogens with one attached hydrogen (secondary N) is 3. The molecule has 0 bridgehead atoms. The number of hydrogen-bond donors (Lipinski definition) is 3. The normalized spacial score (nSPS) is 21.2. The second kappa shape index (κ2) is 18.4. The van der Waals surface area contributed by atoms with E-state index in [-0.39, 0.29) is 0 Å². The van der Waals surface area contributed by atoms with Crippen molar-refractivity contribution in [1.29, 1.82) is 0 Å². The van der Waals surface area contributed by atoms with Crippen molar-refractivity contribution in [2.45, 2.75) is 105 Å². The van der Waals surface area contributed by atoms with Gasteiger partial charge >= 0.3 is 0 Å². The monoisotopic (exact) mass is 704 g/mol. The van der Waals surface area contributed by atoms with Crippen molar-refractivity contribution in [2.24, 2.45) is 17.3 Å². The Morgan fingerprint density at radius 3 is 2.48 bits per heavy atom. The second-order valence-corrected chi connectivity index (χ2v) is 16.7. The summed E-state index contributed by atoms with van der Waals surface area (Å²) in [5, 5.41) is 10.5. The second-order valence-electron chi connectivity index (χ2n) is 16.7. The SMILES string of the molecule is C=Cc1cc(CC2CC3(CCN(C(C)C4CCN(Cc5ccc(C6=CNCCC(CNCCC)=C6/C=C\C)cc5C)CC4)CC3)C2)ccc1CNC. The van der Waals surface area contributed by atoms with Gasteiger partial charge in [0.1, 0.15) is 0 Å². The number of nitrogens with zero attached hydrogens (tertiary/aromatic N) is 2. The molecule has 3 heterocycles. The number of benzene rings is 2. The molecule has 3 aliphatic heterocycles. The molecule has 4 aliphatic rings. The molecule has 282 valence electrons. The maximum absolute atomic E-state index is 4.07. The number of hydrogen-bond acceptors (Lipinski definition) is 5. The molecule has 52 heavy (non-hydrogen) atoms. The summed E-state index contributed by atoms with van der Waals surface area (Å²) in [6.45, 7) is 23.3. The van der Waals surface area contributed by atoms with Crippen LogP contribution in [-0.2, 0) is 19.5 Å². The summed E-state index contributed by atoms with van der Waals surface area (Å²) < 4.78 is 0. The third-order valence-corrected chi connectivity index (χ3v) is 13.1. The minimum atomic E-state index is 0.618. The third-order valence-electron chi connectivity index (χ3n) is 13.1. The van der Waals surface area contributed by atoms with Gasteiger partial charge in [0.25, 0.3) is 0 Å². The molecule has 5 nitrogen and oxygen atoms in total. The summed E-state index contributed by atoms with van der Waals surface area (Å²) in [7, 11) is 2.01. The van der Waals surface area contributed by atoms with Crippen LogP contribution < -0.4 is 16.0 Å². The van der Waals surface area contributed by atoms with Crippen molar-refractivity contribution < 1.29 is 0 Å². The highest BCUT2D eigenvalue weighted by molar-refractivity contribution is 5.83. The molecular weight excluding hydrogens is 635 g/mol. The van der Waals surface area contributed by atoms with E-state index in [2.05, 4.69) is 115 Å². The fourth-order valence-corrected chi connectivity index (χ4v) is 9.96. The number of likely N-dealkylation sites (tertiary alicyclic amines) is 2. The van der Waals surface area contributed by atoms with E-state index in [9.17, 15) is 0 Å². The Morgan fingerprint density at radius 2 is 1.79 bits per heavy atom. The van der Waals surface area contributed by atoms with Gasteiger partial charge in [0.05, 0.1) is 0 Å². The van der Waals surface area contributed by atoms with E-state index in [1.54, 1.807) is 0 Å². The molecule has 1 aliphatic carbocycles. The lowest BCUT2D eigenvalue weighted by Crippen LogP contribution is -2.52. The highest BCUT2D eigenvalue weighted by Gasteiger charge is 2.46. The summed E-state index contributed by atoms with van der Waals surface area (Å²) in [5.74, 6) is 1.67. The Kier molecular flexibility index (Phi) is 13.7. The van der Waals surface area contributed by atoms with Gasteiger partial charge in [-0.2, -0.15) is 0 Å². The van der Waals surface area contributed by atoms with E-state index in [0.29, 0.717) is 11.5 Å². The van der Waals surface area contributed by atoms with Gasteiger partial charge in [-0.3, -0.25) is 4.90 Å². The van der Waals surface area contributed by atoms with Gasteiger partial charge in [0.15, 0.2) is 0 Å². The molecular formula is C47H69N5. The minimum absolute atomic E-state index is 0.618. The zero-order valence-electron chi connectivity index (χ0n) is 33.3. The third kappa shape index (κ3) is 9.39. The predicted molar refractivity (Wildman–Crippen MR) is 223 cm³/mol. The van der Waals surface area contributed by atoms with Gasteiger partial charge in [0.2, 0.25) is 0 Å². The van der Waals surface area contributed by atoms with Crippen LogP contribution in [0.5, 0.6) is 0 Å². The van der Waals surface area contributed by atoms with Crippen LogP contribution in [0.25, 0.3) is 11.6 Å². The summed E-state index contributed by atoms with van der Waals surface area (Å²) in [6.07, 6.45) is 20.5. The molecule has 1 atom stereocenters. The van der Waals surface area contributed by atoms with Crippen LogP contribution >= 0.6 is 0 Å². The molecule has 1 saturated carbocycles. The Hall–Kier alpha value is -2.96. The largest absolute Gasteiger partial charge is 0.390 e. The zero-order chi connectivity index (χ0) is 36.5. The van der Waals surface area contributed by atoms with Crippen molar-refractivity contribution in [3.05, 3.63) is 106 Å². The highest BCUT2D eigenvalue weighted by atomic mass is 15.2. The Bertz CT molecular complexity index is 1570.